The average molecular weight is 359 g/mol. The molecule has 134 valence electrons. The number of carbonyl (C=O) groups is 1. The summed E-state index contributed by atoms with van der Waals surface area (Å²) in [6, 6.07) is 6.82. The van der Waals surface area contributed by atoms with Gasteiger partial charge in [-0.3, -0.25) is 4.79 Å². The predicted molar refractivity (Wildman–Crippen MR) is 93.2 cm³/mol. The number of nitrogens with zero attached hydrogens (tertiary/aromatic N) is 2. The number of benzene rings is 1. The largest absolute Gasteiger partial charge is 0.416 e. The molecule has 1 amide bonds. The van der Waals surface area contributed by atoms with Gasteiger partial charge in [0, 0.05) is 35.5 Å². The molecule has 0 aliphatic heterocycles. The van der Waals surface area contributed by atoms with Crippen molar-refractivity contribution in [2.45, 2.75) is 19.6 Å². The van der Waals surface area contributed by atoms with Crippen molar-refractivity contribution < 1.29 is 18.0 Å². The highest BCUT2D eigenvalue weighted by atomic mass is 19.4. The topological polar surface area (TPSA) is 60.9 Å². The maximum absolute atomic E-state index is 12.7. The van der Waals surface area contributed by atoms with Crippen LogP contribution in [0.2, 0.25) is 0 Å². The second kappa shape index (κ2) is 6.33. The summed E-state index contributed by atoms with van der Waals surface area (Å²) in [7, 11) is 0. The van der Waals surface area contributed by atoms with Crippen molar-refractivity contribution in [3.8, 4) is 0 Å². The van der Waals surface area contributed by atoms with Gasteiger partial charge in [0.1, 0.15) is 5.65 Å². The van der Waals surface area contributed by atoms with Crippen LogP contribution in [0, 0.1) is 6.92 Å². The van der Waals surface area contributed by atoms with E-state index >= 15 is 0 Å². The van der Waals surface area contributed by atoms with Gasteiger partial charge in [0.15, 0.2) is 0 Å². The summed E-state index contributed by atoms with van der Waals surface area (Å²) in [4.78, 5) is 15.6. The van der Waals surface area contributed by atoms with Gasteiger partial charge < -0.3 is 10.3 Å². The lowest BCUT2D eigenvalue weighted by Crippen LogP contribution is -2.12. The number of pyridine rings is 1. The van der Waals surface area contributed by atoms with Crippen LogP contribution in [0.5, 0.6) is 0 Å². The molecule has 0 saturated heterocycles. The Morgan fingerprint density at radius 3 is 2.50 bits per heavy atom. The Morgan fingerprint density at radius 2 is 1.92 bits per heavy atom. The fourth-order valence-electron chi connectivity index (χ4n) is 2.76. The molecule has 3 rings (SSSR count). The van der Waals surface area contributed by atoms with Crippen molar-refractivity contribution in [1.29, 1.82) is 0 Å². The molecule has 3 aromatic rings. The summed E-state index contributed by atoms with van der Waals surface area (Å²) < 4.78 is 39.8. The first-order valence-electron chi connectivity index (χ1n) is 7.77. The first-order valence-corrected chi connectivity index (χ1v) is 7.77. The van der Waals surface area contributed by atoms with E-state index in [1.54, 1.807) is 6.07 Å². The van der Waals surface area contributed by atoms with E-state index in [0.29, 0.717) is 17.8 Å². The zero-order valence-electron chi connectivity index (χ0n) is 14.0. The number of alkyl halides is 3. The SMILES string of the molecule is C=C(C(N)=O)c1cnc2c(c1)c(C)cn2Cc1ccc(C(F)(F)F)cc1. The summed E-state index contributed by atoms with van der Waals surface area (Å²) in [5, 5.41) is 0.830. The minimum atomic E-state index is -4.35. The van der Waals surface area contributed by atoms with Crippen LogP contribution in [0.3, 0.4) is 0 Å². The standard InChI is InChI=1S/C19H16F3N3O/c1-11-9-25(10-13-3-5-15(6-4-13)19(20,21)22)18-16(11)7-14(8-24-18)12(2)17(23)26/h3-9H,2,10H2,1H3,(H2,23,26). The van der Waals surface area contributed by atoms with E-state index < -0.39 is 17.6 Å². The van der Waals surface area contributed by atoms with Crippen LogP contribution in [0.1, 0.15) is 22.3 Å². The number of carbonyl (C=O) groups excluding carboxylic acids is 1. The van der Waals surface area contributed by atoms with Crippen molar-refractivity contribution in [1.82, 2.24) is 9.55 Å². The Kier molecular flexibility index (Phi) is 4.31. The lowest BCUT2D eigenvalue weighted by Gasteiger charge is -2.09. The summed E-state index contributed by atoms with van der Waals surface area (Å²) >= 11 is 0. The van der Waals surface area contributed by atoms with E-state index in [1.807, 2.05) is 17.7 Å². The van der Waals surface area contributed by atoms with Gasteiger partial charge in [-0.1, -0.05) is 18.7 Å². The van der Waals surface area contributed by atoms with E-state index in [4.69, 9.17) is 5.73 Å². The number of nitrogens with two attached hydrogens (primary N) is 1. The molecule has 0 bridgehead atoms. The van der Waals surface area contributed by atoms with E-state index in [0.717, 1.165) is 28.6 Å². The molecule has 4 nitrogen and oxygen atoms in total. The van der Waals surface area contributed by atoms with Gasteiger partial charge in [0.25, 0.3) is 0 Å². The van der Waals surface area contributed by atoms with E-state index in [-0.39, 0.29) is 5.57 Å². The zero-order chi connectivity index (χ0) is 19.1. The van der Waals surface area contributed by atoms with Crippen molar-refractivity contribution in [3.63, 3.8) is 0 Å². The lowest BCUT2D eigenvalue weighted by atomic mass is 10.1. The molecule has 0 aliphatic rings. The predicted octanol–water partition coefficient (Wildman–Crippen LogP) is 3.91. The molecule has 26 heavy (non-hydrogen) atoms. The quantitative estimate of drug-likeness (QED) is 0.718. The molecule has 0 atom stereocenters. The highest BCUT2D eigenvalue weighted by Gasteiger charge is 2.29. The minimum Gasteiger partial charge on any atom is -0.366 e. The van der Waals surface area contributed by atoms with E-state index in [9.17, 15) is 18.0 Å². The van der Waals surface area contributed by atoms with Crippen LogP contribution >= 0.6 is 0 Å². The van der Waals surface area contributed by atoms with Gasteiger partial charge in [0.05, 0.1) is 5.56 Å². The second-order valence-corrected chi connectivity index (χ2v) is 6.07. The highest BCUT2D eigenvalue weighted by molar-refractivity contribution is 6.18. The van der Waals surface area contributed by atoms with Crippen LogP contribution in [0.15, 0.2) is 49.3 Å². The molecule has 0 unspecified atom stereocenters. The Balaban J connectivity index is 1.94. The van der Waals surface area contributed by atoms with Crippen LogP contribution in [-0.4, -0.2) is 15.5 Å². The maximum atomic E-state index is 12.7. The van der Waals surface area contributed by atoms with Crippen molar-refractivity contribution >= 4 is 22.5 Å². The maximum Gasteiger partial charge on any atom is 0.416 e. The van der Waals surface area contributed by atoms with Crippen LogP contribution in [0.25, 0.3) is 16.6 Å². The fourth-order valence-corrected chi connectivity index (χ4v) is 2.76. The second-order valence-electron chi connectivity index (χ2n) is 6.07. The van der Waals surface area contributed by atoms with E-state index in [2.05, 4.69) is 11.6 Å². The molecule has 1 aromatic carbocycles. The molecule has 2 aromatic heterocycles. The number of halogens is 3. The number of hydrogen-bond donors (Lipinski definition) is 1. The van der Waals surface area contributed by atoms with Gasteiger partial charge in [-0.25, -0.2) is 4.98 Å². The van der Waals surface area contributed by atoms with Crippen molar-refractivity contribution in [3.05, 3.63) is 71.6 Å². The Bertz CT molecular complexity index is 1000. The summed E-state index contributed by atoms with van der Waals surface area (Å²) in [6.45, 7) is 5.92. The molecular formula is C19H16F3N3O. The Morgan fingerprint density at radius 1 is 1.27 bits per heavy atom. The number of aromatic nitrogens is 2. The van der Waals surface area contributed by atoms with Gasteiger partial charge in [-0.2, -0.15) is 13.2 Å². The van der Waals surface area contributed by atoms with Gasteiger partial charge in [-0.05, 0) is 36.2 Å². The van der Waals surface area contributed by atoms with Crippen molar-refractivity contribution in [2.24, 2.45) is 5.73 Å². The average Bonchev–Trinajstić information content (AvgIpc) is 2.89. The van der Waals surface area contributed by atoms with Crippen LogP contribution in [-0.2, 0) is 17.5 Å². The Hall–Kier alpha value is -3.09. The smallest absolute Gasteiger partial charge is 0.366 e. The molecule has 0 saturated carbocycles. The Labute approximate surface area is 147 Å². The number of rotatable bonds is 4. The summed E-state index contributed by atoms with van der Waals surface area (Å²) in [6.07, 6.45) is -0.972. The number of hydrogen-bond acceptors (Lipinski definition) is 2. The monoisotopic (exact) mass is 359 g/mol. The third kappa shape index (κ3) is 3.33. The fraction of sp³-hybridized carbons (Fsp3) is 0.158. The highest BCUT2D eigenvalue weighted by Crippen LogP contribution is 2.29. The zero-order valence-corrected chi connectivity index (χ0v) is 14.0. The van der Waals surface area contributed by atoms with Crippen LogP contribution in [0.4, 0.5) is 13.2 Å². The van der Waals surface area contributed by atoms with E-state index in [1.165, 1.54) is 18.3 Å². The number of fused-ring (bicyclic) bond motifs is 1. The first kappa shape index (κ1) is 17.7. The molecule has 2 heterocycles. The normalized spacial score (nSPS) is 11.7. The first-order chi connectivity index (χ1) is 12.2. The third-order valence-corrected chi connectivity index (χ3v) is 4.19. The molecule has 2 N–H and O–H groups in total. The molecule has 0 aliphatic carbocycles. The van der Waals surface area contributed by atoms with Crippen LogP contribution < -0.4 is 5.73 Å². The number of aryl methyl sites for hydroxylation is 1. The molecule has 7 heteroatoms. The lowest BCUT2D eigenvalue weighted by molar-refractivity contribution is -0.137. The number of amides is 1. The van der Waals surface area contributed by atoms with Crippen molar-refractivity contribution in [2.75, 3.05) is 0 Å². The molecule has 0 fully saturated rings. The molecular weight excluding hydrogens is 343 g/mol. The number of primary amides is 1. The molecule has 0 radical (unpaired) electrons. The van der Waals surface area contributed by atoms with Gasteiger partial charge >= 0.3 is 6.18 Å². The molecule has 0 spiro atoms. The van der Waals surface area contributed by atoms with Gasteiger partial charge in [-0.15, -0.1) is 0 Å². The minimum absolute atomic E-state index is 0.175. The van der Waals surface area contributed by atoms with Gasteiger partial charge in [0.2, 0.25) is 5.91 Å². The summed E-state index contributed by atoms with van der Waals surface area (Å²) in [5.41, 5.74) is 7.61. The summed E-state index contributed by atoms with van der Waals surface area (Å²) in [5.74, 6) is -0.618. The third-order valence-electron chi connectivity index (χ3n) is 4.19.